The van der Waals surface area contributed by atoms with E-state index in [2.05, 4.69) is 144 Å². The summed E-state index contributed by atoms with van der Waals surface area (Å²) in [6.45, 7) is 0. The van der Waals surface area contributed by atoms with Gasteiger partial charge in [-0.15, -0.1) is 11.3 Å². The van der Waals surface area contributed by atoms with E-state index in [0.717, 1.165) is 38.9 Å². The summed E-state index contributed by atoms with van der Waals surface area (Å²) in [5, 5.41) is 7.41. The zero-order chi connectivity index (χ0) is 29.5. The fourth-order valence-electron chi connectivity index (χ4n) is 7.00. The van der Waals surface area contributed by atoms with Gasteiger partial charge in [-0.05, 0) is 64.9 Å². The van der Waals surface area contributed by atoms with Gasteiger partial charge in [0.25, 0.3) is 0 Å². The number of nitrogens with zero attached hydrogens (tertiary/aromatic N) is 2. The number of hydrogen-bond acceptors (Lipinski definition) is 3. The van der Waals surface area contributed by atoms with Gasteiger partial charge >= 0.3 is 0 Å². The molecule has 0 aliphatic heterocycles. The van der Waals surface area contributed by atoms with Gasteiger partial charge in [0.05, 0.1) is 11.0 Å². The highest BCUT2D eigenvalue weighted by Crippen LogP contribution is 2.44. The first kappa shape index (κ1) is 24.7. The van der Waals surface area contributed by atoms with Crippen LogP contribution in [0.2, 0.25) is 0 Å². The molecular formula is C41H24N2OS. The highest BCUT2D eigenvalue weighted by Gasteiger charge is 2.20. The summed E-state index contributed by atoms with van der Waals surface area (Å²) in [6, 6.07) is 51.7. The van der Waals surface area contributed by atoms with Crippen molar-refractivity contribution in [2.75, 3.05) is 0 Å². The molecule has 45 heavy (non-hydrogen) atoms. The minimum absolute atomic E-state index is 0.629. The molecule has 7 aromatic carbocycles. The number of para-hydroxylation sites is 1. The number of rotatable bonds is 3. The Morgan fingerprint density at radius 3 is 2.13 bits per heavy atom. The van der Waals surface area contributed by atoms with Crippen molar-refractivity contribution in [2.45, 2.75) is 0 Å². The van der Waals surface area contributed by atoms with E-state index in [1.807, 2.05) is 6.07 Å². The van der Waals surface area contributed by atoms with Crippen molar-refractivity contribution in [1.29, 1.82) is 0 Å². The molecule has 4 heteroatoms. The molecule has 0 unspecified atom stereocenters. The van der Waals surface area contributed by atoms with Crippen LogP contribution in [-0.4, -0.2) is 9.55 Å². The lowest BCUT2D eigenvalue weighted by atomic mass is 10.0. The van der Waals surface area contributed by atoms with Crippen LogP contribution in [-0.2, 0) is 0 Å². The summed E-state index contributed by atoms with van der Waals surface area (Å²) in [6.07, 6.45) is 0. The lowest BCUT2D eigenvalue weighted by Crippen LogP contribution is -1.93. The van der Waals surface area contributed by atoms with E-state index in [4.69, 9.17) is 9.40 Å². The maximum absolute atomic E-state index is 6.70. The van der Waals surface area contributed by atoms with E-state index in [1.54, 1.807) is 11.3 Å². The molecule has 10 aromatic rings. The maximum Gasteiger partial charge on any atom is 0.227 e. The summed E-state index contributed by atoms with van der Waals surface area (Å²) in [5.41, 5.74) is 8.41. The molecule has 0 atom stereocenters. The molecule has 0 saturated carbocycles. The number of fused-ring (bicyclic) bond motifs is 10. The van der Waals surface area contributed by atoms with Crippen LogP contribution < -0.4 is 0 Å². The lowest BCUT2D eigenvalue weighted by molar-refractivity contribution is 0.623. The van der Waals surface area contributed by atoms with Crippen LogP contribution in [0.1, 0.15) is 0 Å². The average Bonchev–Trinajstić information content (AvgIpc) is 3.80. The number of hydrogen-bond donors (Lipinski definition) is 0. The van der Waals surface area contributed by atoms with Gasteiger partial charge in [-0.1, -0.05) is 97.1 Å². The topological polar surface area (TPSA) is 31.0 Å². The highest BCUT2D eigenvalue weighted by atomic mass is 32.1. The molecule has 0 spiro atoms. The fraction of sp³-hybridized carbons (Fsp3) is 0. The molecule has 0 amide bonds. The first-order valence-electron chi connectivity index (χ1n) is 15.1. The molecular weight excluding hydrogens is 569 g/mol. The van der Waals surface area contributed by atoms with E-state index in [1.165, 1.54) is 47.4 Å². The van der Waals surface area contributed by atoms with Gasteiger partial charge in [0.15, 0.2) is 5.58 Å². The van der Waals surface area contributed by atoms with Gasteiger partial charge in [-0.25, -0.2) is 4.98 Å². The minimum atomic E-state index is 0.629. The van der Waals surface area contributed by atoms with Crippen LogP contribution in [0.4, 0.5) is 0 Å². The Morgan fingerprint density at radius 2 is 1.27 bits per heavy atom. The summed E-state index contributed by atoms with van der Waals surface area (Å²) < 4.78 is 11.5. The Kier molecular flexibility index (Phi) is 5.16. The van der Waals surface area contributed by atoms with Crippen LogP contribution in [0.25, 0.3) is 92.1 Å². The summed E-state index contributed by atoms with van der Waals surface area (Å²) in [7, 11) is 0. The number of oxazole rings is 1. The molecule has 0 saturated heterocycles. The van der Waals surface area contributed by atoms with E-state index in [9.17, 15) is 0 Å². The van der Waals surface area contributed by atoms with Crippen LogP contribution in [0.3, 0.4) is 0 Å². The second kappa shape index (κ2) is 9.39. The third-order valence-corrected chi connectivity index (χ3v) is 10.1. The molecule has 0 aliphatic rings. The molecule has 0 bridgehead atoms. The zero-order valence-corrected chi connectivity index (χ0v) is 24.9. The molecule has 0 N–H and O–H groups in total. The standard InChI is InChI=1S/C41H24N2OS/c1-2-10-25(11-3-1)32-24-36-38(31-15-7-9-17-35(31)45-36)40-39(32)42-41(44-40)27-18-21-28(22-19-27)43-33-16-8-6-14-30(33)37-29-13-5-4-12-26(29)20-23-34(37)43/h1-24H. The van der Waals surface area contributed by atoms with E-state index >= 15 is 0 Å². The van der Waals surface area contributed by atoms with Crippen LogP contribution in [0.5, 0.6) is 0 Å². The molecule has 10 rings (SSSR count). The van der Waals surface area contributed by atoms with Crippen molar-refractivity contribution in [2.24, 2.45) is 0 Å². The van der Waals surface area contributed by atoms with Crippen LogP contribution >= 0.6 is 11.3 Å². The Balaban J connectivity index is 1.17. The van der Waals surface area contributed by atoms with Crippen molar-refractivity contribution in [3.8, 4) is 28.3 Å². The Labute approximate surface area is 262 Å². The third-order valence-electron chi connectivity index (χ3n) is 9.03. The average molecular weight is 593 g/mol. The Bertz CT molecular complexity index is 2750. The highest BCUT2D eigenvalue weighted by molar-refractivity contribution is 7.26. The van der Waals surface area contributed by atoms with Crippen molar-refractivity contribution in [3.05, 3.63) is 146 Å². The summed E-state index contributed by atoms with van der Waals surface area (Å²) in [5.74, 6) is 0.629. The predicted octanol–water partition coefficient (Wildman–Crippen LogP) is 11.8. The first-order valence-corrected chi connectivity index (χ1v) is 16.0. The van der Waals surface area contributed by atoms with Crippen molar-refractivity contribution in [3.63, 3.8) is 0 Å². The maximum atomic E-state index is 6.70. The second-order valence-corrected chi connectivity index (χ2v) is 12.6. The van der Waals surface area contributed by atoms with Gasteiger partial charge in [0.2, 0.25) is 5.89 Å². The second-order valence-electron chi connectivity index (χ2n) is 11.5. The van der Waals surface area contributed by atoms with Gasteiger partial charge in [0.1, 0.15) is 5.52 Å². The monoisotopic (exact) mass is 592 g/mol. The van der Waals surface area contributed by atoms with Crippen LogP contribution in [0, 0.1) is 0 Å². The van der Waals surface area contributed by atoms with Gasteiger partial charge in [-0.3, -0.25) is 0 Å². The third kappa shape index (κ3) is 3.60. The number of thiophene rings is 1. The number of aromatic nitrogens is 2. The Hall–Kier alpha value is -5.71. The number of benzene rings is 7. The van der Waals surface area contributed by atoms with Gasteiger partial charge in [-0.2, -0.15) is 0 Å². The minimum Gasteiger partial charge on any atom is -0.435 e. The summed E-state index contributed by atoms with van der Waals surface area (Å²) in [4.78, 5) is 5.15. The SMILES string of the molecule is c1ccc(-c2cc3sc4ccccc4c3c3oc(-c4ccc(-n5c6ccccc6c6c7ccccc7ccc65)cc4)nc23)cc1. The van der Waals surface area contributed by atoms with E-state index in [-0.39, 0.29) is 0 Å². The van der Waals surface area contributed by atoms with Crippen molar-refractivity contribution >= 4 is 75.2 Å². The zero-order valence-electron chi connectivity index (χ0n) is 24.1. The molecule has 0 fully saturated rings. The van der Waals surface area contributed by atoms with E-state index < -0.39 is 0 Å². The van der Waals surface area contributed by atoms with Crippen molar-refractivity contribution < 1.29 is 4.42 Å². The molecule has 3 aromatic heterocycles. The van der Waals surface area contributed by atoms with Crippen molar-refractivity contribution in [1.82, 2.24) is 9.55 Å². The van der Waals surface area contributed by atoms with Gasteiger partial charge < -0.3 is 8.98 Å². The summed E-state index contributed by atoms with van der Waals surface area (Å²) >= 11 is 1.80. The molecule has 210 valence electrons. The quantitative estimate of drug-likeness (QED) is 0.204. The Morgan fingerprint density at radius 1 is 0.533 bits per heavy atom. The van der Waals surface area contributed by atoms with E-state index in [0.29, 0.717) is 5.89 Å². The molecule has 0 aliphatic carbocycles. The fourth-order valence-corrected chi connectivity index (χ4v) is 8.15. The lowest BCUT2D eigenvalue weighted by Gasteiger charge is -2.09. The first-order chi connectivity index (χ1) is 22.3. The molecule has 0 radical (unpaired) electrons. The predicted molar refractivity (Wildman–Crippen MR) is 190 cm³/mol. The van der Waals surface area contributed by atoms with Gasteiger partial charge in [0, 0.05) is 47.8 Å². The largest absolute Gasteiger partial charge is 0.435 e. The normalized spacial score (nSPS) is 12.0. The molecule has 3 heterocycles. The van der Waals surface area contributed by atoms with Crippen LogP contribution in [0.15, 0.2) is 150 Å². The molecule has 3 nitrogen and oxygen atoms in total. The smallest absolute Gasteiger partial charge is 0.227 e.